The smallest absolute Gasteiger partial charge is 0.407 e. The second-order valence-corrected chi connectivity index (χ2v) is 7.57. The number of hydrogen-bond donors (Lipinski definition) is 4. The van der Waals surface area contributed by atoms with Crippen LogP contribution in [0, 0.1) is 0 Å². The molecule has 0 aromatic carbocycles. The highest BCUT2D eigenvalue weighted by molar-refractivity contribution is 6.01. The maximum Gasteiger partial charge on any atom is 0.407 e. The van der Waals surface area contributed by atoms with Crippen LogP contribution in [0.5, 0.6) is 0 Å². The molecule has 0 bridgehead atoms. The molecule has 0 spiro atoms. The monoisotopic (exact) mass is 398 g/mol. The quantitative estimate of drug-likeness (QED) is 0.259. The van der Waals surface area contributed by atoms with Gasteiger partial charge in [-0.05, 0) is 27.2 Å². The highest BCUT2D eigenvalue weighted by atomic mass is 16.6. The van der Waals surface area contributed by atoms with Gasteiger partial charge in [0.15, 0.2) is 5.96 Å². The fraction of sp³-hybridized carbons (Fsp3) is 0.778. The molecular weight excluding hydrogens is 364 g/mol. The molecule has 0 aromatic heterocycles. The number of carbonyl (C=O) groups excluding carboxylic acids is 3. The largest absolute Gasteiger partial charge is 0.444 e. The van der Waals surface area contributed by atoms with E-state index in [1.807, 2.05) is 20.8 Å². The average Bonchev–Trinajstić information content (AvgIpc) is 2.93. The van der Waals surface area contributed by atoms with Gasteiger partial charge in [0.2, 0.25) is 5.91 Å². The minimum atomic E-state index is -0.548. The molecule has 0 saturated carbocycles. The van der Waals surface area contributed by atoms with E-state index in [1.54, 1.807) is 7.05 Å². The molecule has 1 heterocycles. The van der Waals surface area contributed by atoms with Gasteiger partial charge in [0.05, 0.1) is 6.54 Å². The number of imide groups is 1. The van der Waals surface area contributed by atoms with Crippen molar-refractivity contribution < 1.29 is 19.1 Å². The predicted octanol–water partition coefficient (Wildman–Crippen LogP) is 0.787. The minimum Gasteiger partial charge on any atom is -0.444 e. The number of ether oxygens (including phenoxy) is 1. The Bertz CT molecular complexity index is 557. The van der Waals surface area contributed by atoms with Gasteiger partial charge in [0.25, 0.3) is 0 Å². The van der Waals surface area contributed by atoms with E-state index < -0.39 is 11.7 Å². The van der Waals surface area contributed by atoms with Crippen molar-refractivity contribution in [1.82, 2.24) is 26.2 Å². The number of nitrogens with one attached hydrogen (secondary N) is 4. The Labute approximate surface area is 166 Å². The first-order valence-electron chi connectivity index (χ1n) is 9.68. The van der Waals surface area contributed by atoms with Gasteiger partial charge in [-0.1, -0.05) is 19.8 Å². The zero-order chi connectivity index (χ0) is 21.2. The molecule has 4 N–H and O–H groups in total. The van der Waals surface area contributed by atoms with Crippen molar-refractivity contribution in [1.29, 1.82) is 0 Å². The summed E-state index contributed by atoms with van der Waals surface area (Å²) in [4.78, 5) is 40.4. The Morgan fingerprint density at radius 3 is 2.57 bits per heavy atom. The van der Waals surface area contributed by atoms with Crippen molar-refractivity contribution in [3.05, 3.63) is 0 Å². The number of guanidine groups is 1. The van der Waals surface area contributed by atoms with Gasteiger partial charge < -0.3 is 26.0 Å². The highest BCUT2D eigenvalue weighted by Gasteiger charge is 2.27. The average molecular weight is 399 g/mol. The van der Waals surface area contributed by atoms with Crippen LogP contribution in [0.25, 0.3) is 0 Å². The van der Waals surface area contributed by atoms with Crippen molar-refractivity contribution in [2.24, 2.45) is 4.99 Å². The zero-order valence-electron chi connectivity index (χ0n) is 17.6. The molecule has 160 valence electrons. The van der Waals surface area contributed by atoms with Gasteiger partial charge in [-0.25, -0.2) is 9.59 Å². The van der Waals surface area contributed by atoms with Crippen LogP contribution in [0.1, 0.15) is 47.0 Å². The third-order valence-electron chi connectivity index (χ3n) is 3.93. The minimum absolute atomic E-state index is 0.0321. The van der Waals surface area contributed by atoms with E-state index in [0.29, 0.717) is 19.0 Å². The third-order valence-corrected chi connectivity index (χ3v) is 3.93. The maximum absolute atomic E-state index is 11.9. The SMILES string of the molecule is CCCCC(CNC(=O)OC(C)(C)C)NC(=NC)NCCN1C(=O)CNC1=O. The van der Waals surface area contributed by atoms with Crippen molar-refractivity contribution in [2.45, 2.75) is 58.6 Å². The normalized spacial score (nSPS) is 15.9. The summed E-state index contributed by atoms with van der Waals surface area (Å²) in [6, 6.07) is -0.410. The van der Waals surface area contributed by atoms with Gasteiger partial charge in [-0.15, -0.1) is 0 Å². The lowest BCUT2D eigenvalue weighted by Crippen LogP contribution is -2.50. The number of aliphatic imine (C=N–C) groups is 1. The number of rotatable bonds is 9. The molecule has 0 aromatic rings. The molecule has 1 unspecified atom stereocenters. The fourth-order valence-electron chi connectivity index (χ4n) is 2.55. The highest BCUT2D eigenvalue weighted by Crippen LogP contribution is 2.07. The third kappa shape index (κ3) is 8.92. The molecule has 1 rings (SSSR count). The van der Waals surface area contributed by atoms with Crippen LogP contribution in [-0.2, 0) is 9.53 Å². The number of amides is 4. The molecule has 1 fully saturated rings. The van der Waals surface area contributed by atoms with Crippen molar-refractivity contribution in [2.75, 3.05) is 33.2 Å². The number of nitrogens with zero attached hydrogens (tertiary/aromatic N) is 2. The number of hydrogen-bond acceptors (Lipinski definition) is 5. The van der Waals surface area contributed by atoms with Crippen LogP contribution in [0.3, 0.4) is 0 Å². The summed E-state index contributed by atoms with van der Waals surface area (Å²) >= 11 is 0. The Morgan fingerprint density at radius 2 is 2.04 bits per heavy atom. The number of unbranched alkanes of at least 4 members (excludes halogenated alkanes) is 1. The summed E-state index contributed by atoms with van der Waals surface area (Å²) in [6.07, 6.45) is 2.41. The second kappa shape index (κ2) is 11.4. The molecule has 10 nitrogen and oxygen atoms in total. The summed E-state index contributed by atoms with van der Waals surface area (Å²) in [5.41, 5.74) is -0.548. The molecule has 0 aliphatic carbocycles. The first-order valence-corrected chi connectivity index (χ1v) is 9.68. The van der Waals surface area contributed by atoms with Crippen LogP contribution < -0.4 is 21.3 Å². The number of carbonyl (C=O) groups is 3. The Kier molecular flexibility index (Phi) is 9.54. The van der Waals surface area contributed by atoms with Crippen LogP contribution >= 0.6 is 0 Å². The van der Waals surface area contributed by atoms with E-state index >= 15 is 0 Å². The topological polar surface area (TPSA) is 124 Å². The predicted molar refractivity (Wildman–Crippen MR) is 107 cm³/mol. The van der Waals surface area contributed by atoms with Crippen molar-refractivity contribution in [3.63, 3.8) is 0 Å². The van der Waals surface area contributed by atoms with Crippen molar-refractivity contribution in [3.8, 4) is 0 Å². The lowest BCUT2D eigenvalue weighted by molar-refractivity contribution is -0.124. The van der Waals surface area contributed by atoms with Crippen LogP contribution in [-0.4, -0.2) is 73.8 Å². The van der Waals surface area contributed by atoms with E-state index in [-0.39, 0.29) is 31.1 Å². The van der Waals surface area contributed by atoms with Gasteiger partial charge in [0, 0.05) is 32.7 Å². The summed E-state index contributed by atoms with van der Waals surface area (Å²) < 4.78 is 5.27. The molecule has 1 saturated heterocycles. The molecule has 1 aliphatic rings. The summed E-state index contributed by atoms with van der Waals surface area (Å²) in [6.45, 7) is 8.61. The number of alkyl carbamates (subject to hydrolysis) is 1. The molecule has 1 atom stereocenters. The van der Waals surface area contributed by atoms with Gasteiger partial charge in [-0.2, -0.15) is 0 Å². The Hall–Kier alpha value is -2.52. The second-order valence-electron chi connectivity index (χ2n) is 7.57. The lowest BCUT2D eigenvalue weighted by Gasteiger charge is -2.24. The van der Waals surface area contributed by atoms with E-state index in [4.69, 9.17) is 4.74 Å². The first kappa shape index (κ1) is 23.5. The van der Waals surface area contributed by atoms with E-state index in [9.17, 15) is 14.4 Å². The summed E-state index contributed by atoms with van der Waals surface area (Å²) in [5.74, 6) is 0.302. The van der Waals surface area contributed by atoms with E-state index in [1.165, 1.54) is 4.90 Å². The Morgan fingerprint density at radius 1 is 1.32 bits per heavy atom. The zero-order valence-corrected chi connectivity index (χ0v) is 17.6. The standard InChI is InChI=1S/C18H34N6O4/c1-6-7-8-13(11-22-17(27)28-18(2,3)4)23-15(19-5)20-9-10-24-14(25)12-21-16(24)26/h13H,6-12H2,1-5H3,(H,21,26)(H,22,27)(H2,19,20,23). The molecule has 10 heteroatoms. The molecule has 1 aliphatic heterocycles. The lowest BCUT2D eigenvalue weighted by atomic mass is 10.1. The first-order chi connectivity index (χ1) is 13.2. The van der Waals surface area contributed by atoms with Gasteiger partial charge in [0.1, 0.15) is 5.60 Å². The summed E-state index contributed by atoms with van der Waals surface area (Å²) in [5, 5.41) is 11.6. The number of urea groups is 1. The van der Waals surface area contributed by atoms with Gasteiger partial charge in [-0.3, -0.25) is 14.7 Å². The molecule has 28 heavy (non-hydrogen) atoms. The molecule has 4 amide bonds. The maximum atomic E-state index is 11.9. The summed E-state index contributed by atoms with van der Waals surface area (Å²) in [7, 11) is 1.64. The van der Waals surface area contributed by atoms with Crippen LogP contribution in [0.15, 0.2) is 4.99 Å². The molecule has 0 radical (unpaired) electrons. The van der Waals surface area contributed by atoms with Crippen molar-refractivity contribution >= 4 is 24.0 Å². The van der Waals surface area contributed by atoms with Crippen LogP contribution in [0.2, 0.25) is 0 Å². The van der Waals surface area contributed by atoms with E-state index in [2.05, 4.69) is 33.2 Å². The van der Waals surface area contributed by atoms with Crippen LogP contribution in [0.4, 0.5) is 9.59 Å². The van der Waals surface area contributed by atoms with E-state index in [0.717, 1.165) is 19.3 Å². The molecular formula is C18H34N6O4. The fourth-order valence-corrected chi connectivity index (χ4v) is 2.55. The van der Waals surface area contributed by atoms with Gasteiger partial charge >= 0.3 is 12.1 Å². The Balaban J connectivity index is 2.49.